The Bertz CT molecular complexity index is 401. The minimum absolute atomic E-state index is 0.241. The molecule has 0 bridgehead atoms. The molecule has 1 aliphatic heterocycles. The van der Waals surface area contributed by atoms with Gasteiger partial charge in [-0.15, -0.1) is 6.42 Å². The molecule has 2 heteroatoms. The van der Waals surface area contributed by atoms with Crippen molar-refractivity contribution >= 4 is 11.5 Å². The molecule has 0 aliphatic carbocycles. The van der Waals surface area contributed by atoms with Crippen LogP contribution in [0.5, 0.6) is 0 Å². The number of carbonyl (C=O) groups excluding carboxylic acids is 1. The molecule has 0 atom stereocenters. The van der Waals surface area contributed by atoms with Crippen LogP contribution in [0.25, 0.3) is 0 Å². The number of Topliss-reactive ketones (excluding diaryl/α,β-unsaturated/α-hetero) is 1. The Balaban J connectivity index is 2.43. The predicted molar refractivity (Wildman–Crippen MR) is 51.8 cm³/mol. The summed E-state index contributed by atoms with van der Waals surface area (Å²) in [7, 11) is 0. The van der Waals surface area contributed by atoms with Crippen LogP contribution in [0.4, 0.5) is 5.69 Å². The molecule has 2 nitrogen and oxygen atoms in total. The van der Waals surface area contributed by atoms with Gasteiger partial charge in [0.1, 0.15) is 0 Å². The quantitative estimate of drug-likeness (QED) is 0.394. The zero-order valence-corrected chi connectivity index (χ0v) is 7.13. The Morgan fingerprint density at radius 1 is 1.54 bits per heavy atom. The van der Waals surface area contributed by atoms with E-state index >= 15 is 0 Å². The van der Waals surface area contributed by atoms with E-state index in [1.54, 1.807) is 6.07 Å². The molecule has 64 valence electrons. The van der Waals surface area contributed by atoms with Crippen LogP contribution in [0.1, 0.15) is 15.9 Å². The third-order valence-corrected chi connectivity index (χ3v) is 2.21. The fraction of sp³-hybridized carbons (Fsp3) is 0.182. The summed E-state index contributed by atoms with van der Waals surface area (Å²) in [4.78, 5) is 11.2. The molecule has 1 heterocycles. The molecule has 0 fully saturated rings. The van der Waals surface area contributed by atoms with Gasteiger partial charge < -0.3 is 5.32 Å². The van der Waals surface area contributed by atoms with Crippen LogP contribution in [-0.2, 0) is 6.42 Å². The first-order valence-electron chi connectivity index (χ1n) is 4.19. The van der Waals surface area contributed by atoms with Gasteiger partial charge in [0.15, 0.2) is 0 Å². The lowest BCUT2D eigenvalue weighted by Gasteiger charge is -2.00. The van der Waals surface area contributed by atoms with Crippen LogP contribution in [0.15, 0.2) is 18.2 Å². The minimum atomic E-state index is -0.241. The lowest BCUT2D eigenvalue weighted by molar-refractivity contribution is 0.105. The topological polar surface area (TPSA) is 29.1 Å². The summed E-state index contributed by atoms with van der Waals surface area (Å²) in [6, 6.07) is 5.55. The summed E-state index contributed by atoms with van der Waals surface area (Å²) < 4.78 is 0. The number of terminal acetylenes is 1. The molecule has 1 aromatic rings. The summed E-state index contributed by atoms with van der Waals surface area (Å²) in [5, 5.41) is 3.22. The van der Waals surface area contributed by atoms with Crippen molar-refractivity contribution in [2.45, 2.75) is 6.42 Å². The van der Waals surface area contributed by atoms with Crippen molar-refractivity contribution in [1.82, 2.24) is 0 Å². The van der Waals surface area contributed by atoms with Crippen molar-refractivity contribution in [3.8, 4) is 12.3 Å². The first kappa shape index (κ1) is 7.88. The zero-order chi connectivity index (χ0) is 9.26. The molecule has 0 unspecified atom stereocenters. The van der Waals surface area contributed by atoms with Gasteiger partial charge in [-0.05, 0) is 36.1 Å². The Kier molecular flexibility index (Phi) is 1.79. The Morgan fingerprint density at radius 3 is 3.15 bits per heavy atom. The summed E-state index contributed by atoms with van der Waals surface area (Å²) in [5.41, 5.74) is 2.92. The largest absolute Gasteiger partial charge is 0.384 e. The number of hydrogen-bond acceptors (Lipinski definition) is 2. The molecular formula is C11H9NO. The fourth-order valence-corrected chi connectivity index (χ4v) is 1.53. The van der Waals surface area contributed by atoms with E-state index in [9.17, 15) is 4.79 Å². The second-order valence-corrected chi connectivity index (χ2v) is 3.02. The van der Waals surface area contributed by atoms with E-state index in [1.807, 2.05) is 12.1 Å². The van der Waals surface area contributed by atoms with Crippen LogP contribution in [0.3, 0.4) is 0 Å². The number of hydrogen-bond donors (Lipinski definition) is 1. The highest BCUT2D eigenvalue weighted by molar-refractivity contribution is 6.08. The molecule has 0 radical (unpaired) electrons. The summed E-state index contributed by atoms with van der Waals surface area (Å²) >= 11 is 0. The van der Waals surface area contributed by atoms with E-state index in [4.69, 9.17) is 6.42 Å². The van der Waals surface area contributed by atoms with E-state index in [1.165, 1.54) is 5.56 Å². The highest BCUT2D eigenvalue weighted by atomic mass is 16.1. The molecule has 0 saturated heterocycles. The predicted octanol–water partition coefficient (Wildman–Crippen LogP) is 1.47. The van der Waals surface area contributed by atoms with Gasteiger partial charge in [-0.25, -0.2) is 0 Å². The van der Waals surface area contributed by atoms with Crippen molar-refractivity contribution < 1.29 is 4.79 Å². The third kappa shape index (κ3) is 1.29. The van der Waals surface area contributed by atoms with Crippen molar-refractivity contribution in [3.63, 3.8) is 0 Å². The highest BCUT2D eigenvalue weighted by Crippen LogP contribution is 2.22. The second-order valence-electron chi connectivity index (χ2n) is 3.02. The number of anilines is 1. The Hall–Kier alpha value is -1.75. The zero-order valence-electron chi connectivity index (χ0n) is 7.13. The molecule has 0 saturated carbocycles. The number of nitrogens with one attached hydrogen (secondary N) is 1. The fourth-order valence-electron chi connectivity index (χ4n) is 1.53. The van der Waals surface area contributed by atoms with E-state index in [-0.39, 0.29) is 5.78 Å². The normalized spacial score (nSPS) is 12.8. The SMILES string of the molecule is C#CC(=O)c1ccc2c(c1)CCN2. The van der Waals surface area contributed by atoms with Gasteiger partial charge in [0.25, 0.3) is 0 Å². The lowest BCUT2D eigenvalue weighted by Crippen LogP contribution is -1.95. The van der Waals surface area contributed by atoms with Gasteiger partial charge >= 0.3 is 0 Å². The van der Waals surface area contributed by atoms with Gasteiger partial charge in [0, 0.05) is 17.8 Å². The summed E-state index contributed by atoms with van der Waals surface area (Å²) in [6.07, 6.45) is 6.01. The molecule has 1 aliphatic rings. The molecule has 0 aromatic heterocycles. The number of rotatable bonds is 1. The van der Waals surface area contributed by atoms with Crippen LogP contribution in [-0.4, -0.2) is 12.3 Å². The van der Waals surface area contributed by atoms with Gasteiger partial charge in [-0.2, -0.15) is 0 Å². The lowest BCUT2D eigenvalue weighted by atomic mass is 10.1. The van der Waals surface area contributed by atoms with Crippen LogP contribution in [0, 0.1) is 12.3 Å². The Morgan fingerprint density at radius 2 is 2.38 bits per heavy atom. The van der Waals surface area contributed by atoms with E-state index in [0.29, 0.717) is 5.56 Å². The first-order chi connectivity index (χ1) is 6.31. The summed E-state index contributed by atoms with van der Waals surface area (Å²) in [6.45, 7) is 0.947. The standard InChI is InChI=1S/C11H9NO/c1-2-11(13)9-3-4-10-8(7-9)5-6-12-10/h1,3-4,7,12H,5-6H2. The highest BCUT2D eigenvalue weighted by Gasteiger charge is 2.11. The minimum Gasteiger partial charge on any atom is -0.384 e. The van der Waals surface area contributed by atoms with Crippen molar-refractivity contribution in [1.29, 1.82) is 0 Å². The number of benzene rings is 1. The maximum absolute atomic E-state index is 11.2. The van der Waals surface area contributed by atoms with Gasteiger partial charge in [-0.1, -0.05) is 0 Å². The Labute approximate surface area is 77.0 Å². The molecule has 1 N–H and O–H groups in total. The van der Waals surface area contributed by atoms with E-state index in [2.05, 4.69) is 11.2 Å². The molecule has 2 rings (SSSR count). The maximum atomic E-state index is 11.2. The average molecular weight is 171 g/mol. The van der Waals surface area contributed by atoms with Crippen molar-refractivity contribution in [2.24, 2.45) is 0 Å². The van der Waals surface area contributed by atoms with Crippen molar-refractivity contribution in [2.75, 3.05) is 11.9 Å². The molecular weight excluding hydrogens is 162 g/mol. The van der Waals surface area contributed by atoms with Crippen LogP contribution >= 0.6 is 0 Å². The van der Waals surface area contributed by atoms with E-state index in [0.717, 1.165) is 18.7 Å². The number of fused-ring (bicyclic) bond motifs is 1. The summed E-state index contributed by atoms with van der Waals surface area (Å²) in [5.74, 6) is 1.87. The van der Waals surface area contributed by atoms with Crippen molar-refractivity contribution in [3.05, 3.63) is 29.3 Å². The molecule has 1 aromatic carbocycles. The van der Waals surface area contributed by atoms with Gasteiger partial charge in [0.2, 0.25) is 5.78 Å². The molecule has 0 spiro atoms. The number of carbonyl (C=O) groups is 1. The smallest absolute Gasteiger partial charge is 0.235 e. The number of ketones is 1. The monoisotopic (exact) mass is 171 g/mol. The van der Waals surface area contributed by atoms with Gasteiger partial charge in [0.05, 0.1) is 0 Å². The second kappa shape index (κ2) is 2.95. The molecule has 13 heavy (non-hydrogen) atoms. The third-order valence-electron chi connectivity index (χ3n) is 2.21. The first-order valence-corrected chi connectivity index (χ1v) is 4.19. The average Bonchev–Trinajstić information content (AvgIpc) is 2.63. The van der Waals surface area contributed by atoms with Crippen LogP contribution in [0.2, 0.25) is 0 Å². The van der Waals surface area contributed by atoms with Crippen LogP contribution < -0.4 is 5.32 Å². The van der Waals surface area contributed by atoms with E-state index < -0.39 is 0 Å². The van der Waals surface area contributed by atoms with Gasteiger partial charge in [-0.3, -0.25) is 4.79 Å². The molecule has 0 amide bonds. The maximum Gasteiger partial charge on any atom is 0.235 e.